The summed E-state index contributed by atoms with van der Waals surface area (Å²) in [7, 11) is 0. The Morgan fingerprint density at radius 2 is 1.94 bits per heavy atom. The fraction of sp³-hybridized carbons (Fsp3) is 0.333. The molecule has 2 aromatic carbocycles. The van der Waals surface area contributed by atoms with Crippen molar-refractivity contribution in [1.82, 2.24) is 10.3 Å². The lowest BCUT2D eigenvalue weighted by molar-refractivity contribution is 0.0114. The van der Waals surface area contributed by atoms with Gasteiger partial charge in [-0.2, -0.15) is 0 Å². The van der Waals surface area contributed by atoms with Gasteiger partial charge in [0, 0.05) is 53.8 Å². The number of ether oxygens (including phenoxy) is 1. The molecular formula is C27H29FN4O2. The van der Waals surface area contributed by atoms with Gasteiger partial charge in [-0.25, -0.2) is 9.37 Å². The van der Waals surface area contributed by atoms with Gasteiger partial charge in [0.1, 0.15) is 11.6 Å². The van der Waals surface area contributed by atoms with Crippen molar-refractivity contribution in [2.75, 3.05) is 36.9 Å². The normalized spacial score (nSPS) is 18.1. The summed E-state index contributed by atoms with van der Waals surface area (Å²) in [6.45, 7) is 7.02. The third kappa shape index (κ3) is 4.23. The Morgan fingerprint density at radius 3 is 2.74 bits per heavy atom. The Balaban J connectivity index is 1.45. The molecule has 1 fully saturated rings. The number of morpholine rings is 1. The number of rotatable bonds is 4. The van der Waals surface area contributed by atoms with Gasteiger partial charge in [-0.3, -0.25) is 4.79 Å². The molecular weight excluding hydrogens is 431 g/mol. The van der Waals surface area contributed by atoms with Gasteiger partial charge in [-0.05, 0) is 53.8 Å². The highest BCUT2D eigenvalue weighted by Crippen LogP contribution is 2.34. The summed E-state index contributed by atoms with van der Waals surface area (Å²) in [4.78, 5) is 18.6. The zero-order valence-corrected chi connectivity index (χ0v) is 19.5. The smallest absolute Gasteiger partial charge is 0.251 e. The number of nitrogens with two attached hydrogens (primary N) is 1. The molecule has 5 rings (SSSR count). The van der Waals surface area contributed by atoms with E-state index in [2.05, 4.69) is 29.0 Å². The summed E-state index contributed by atoms with van der Waals surface area (Å²) < 4.78 is 21.1. The van der Waals surface area contributed by atoms with Crippen molar-refractivity contribution in [3.63, 3.8) is 0 Å². The molecule has 3 heterocycles. The monoisotopic (exact) mass is 460 g/mol. The molecule has 2 aliphatic heterocycles. The molecule has 0 saturated carbocycles. The van der Waals surface area contributed by atoms with Crippen LogP contribution in [-0.4, -0.2) is 43.2 Å². The second kappa shape index (κ2) is 9.06. The molecule has 1 aromatic heterocycles. The first-order chi connectivity index (χ1) is 16.4. The summed E-state index contributed by atoms with van der Waals surface area (Å²) >= 11 is 0. The number of benzene rings is 2. The van der Waals surface area contributed by atoms with Gasteiger partial charge in [0.25, 0.3) is 5.91 Å². The first kappa shape index (κ1) is 22.3. The Bertz CT molecular complexity index is 1240. The molecule has 0 spiro atoms. The number of carbonyl (C=O) groups is 1. The topological polar surface area (TPSA) is 80.5 Å². The molecule has 0 aliphatic carbocycles. The Kier molecular flexibility index (Phi) is 5.96. The van der Waals surface area contributed by atoms with E-state index in [1.807, 2.05) is 30.3 Å². The number of hydrogen-bond donors (Lipinski definition) is 2. The zero-order chi connectivity index (χ0) is 23.8. The molecule has 0 unspecified atom stereocenters. The summed E-state index contributed by atoms with van der Waals surface area (Å²) in [6, 6.07) is 12.9. The second-order valence-electron chi connectivity index (χ2n) is 9.30. The van der Waals surface area contributed by atoms with Gasteiger partial charge in [0.15, 0.2) is 0 Å². The van der Waals surface area contributed by atoms with E-state index in [9.17, 15) is 4.79 Å². The van der Waals surface area contributed by atoms with Crippen LogP contribution in [0.3, 0.4) is 0 Å². The van der Waals surface area contributed by atoms with Crippen molar-refractivity contribution in [3.05, 3.63) is 65.6 Å². The van der Waals surface area contributed by atoms with Crippen molar-refractivity contribution in [2.45, 2.75) is 26.4 Å². The van der Waals surface area contributed by atoms with Crippen molar-refractivity contribution >= 4 is 17.4 Å². The summed E-state index contributed by atoms with van der Waals surface area (Å²) in [6.07, 6.45) is 2.51. The Hall–Kier alpha value is -3.45. The van der Waals surface area contributed by atoms with E-state index < -0.39 is 0 Å². The van der Waals surface area contributed by atoms with Crippen molar-refractivity contribution < 1.29 is 13.9 Å². The van der Waals surface area contributed by atoms with Crippen LogP contribution in [0.25, 0.3) is 22.3 Å². The number of nitrogen functional groups attached to an aromatic ring is 1. The van der Waals surface area contributed by atoms with Crippen LogP contribution in [0.4, 0.5) is 15.9 Å². The highest BCUT2D eigenvalue weighted by molar-refractivity contribution is 5.97. The van der Waals surface area contributed by atoms with E-state index >= 15 is 4.39 Å². The standard InChI is InChI=1S/C27H29FN4O2/c1-16(2)25-15-32(9-10-34-25)20-4-6-21(24(28)13-20)19-12-23(26(29)31-14-19)17-3-5-22-18(11-17)7-8-30-27(22)33/h3-6,11-14,16,25H,7-10,15H2,1-2H3,(H2,29,31)(H,30,33)/t25-/m1/s1. The van der Waals surface area contributed by atoms with Crippen molar-refractivity contribution in [1.29, 1.82) is 0 Å². The molecule has 34 heavy (non-hydrogen) atoms. The van der Waals surface area contributed by atoms with Gasteiger partial charge in [-0.1, -0.05) is 26.0 Å². The van der Waals surface area contributed by atoms with Gasteiger partial charge in [0.05, 0.1) is 12.7 Å². The molecule has 1 saturated heterocycles. The largest absolute Gasteiger partial charge is 0.383 e. The average molecular weight is 461 g/mol. The minimum absolute atomic E-state index is 0.0604. The number of nitrogens with zero attached hydrogens (tertiary/aromatic N) is 2. The Morgan fingerprint density at radius 1 is 1.12 bits per heavy atom. The maximum absolute atomic E-state index is 15.3. The van der Waals surface area contributed by atoms with Crippen LogP contribution in [-0.2, 0) is 11.2 Å². The number of fused-ring (bicyclic) bond motifs is 1. The van der Waals surface area contributed by atoms with Crippen LogP contribution in [0.15, 0.2) is 48.7 Å². The number of anilines is 2. The number of nitrogens with one attached hydrogen (secondary N) is 1. The first-order valence-electron chi connectivity index (χ1n) is 11.7. The van der Waals surface area contributed by atoms with Crippen LogP contribution in [0.5, 0.6) is 0 Å². The Labute approximate surface area is 198 Å². The molecule has 6 nitrogen and oxygen atoms in total. The van der Waals surface area contributed by atoms with Crippen LogP contribution in [0.1, 0.15) is 29.8 Å². The van der Waals surface area contributed by atoms with Gasteiger partial charge < -0.3 is 20.7 Å². The minimum atomic E-state index is -0.301. The number of pyridine rings is 1. The van der Waals surface area contributed by atoms with E-state index in [4.69, 9.17) is 10.5 Å². The first-order valence-corrected chi connectivity index (χ1v) is 11.7. The molecule has 0 radical (unpaired) electrons. The molecule has 1 atom stereocenters. The maximum Gasteiger partial charge on any atom is 0.251 e. The number of carbonyl (C=O) groups excluding carboxylic acids is 1. The van der Waals surface area contributed by atoms with E-state index in [0.29, 0.717) is 41.6 Å². The van der Waals surface area contributed by atoms with Crippen LogP contribution in [0.2, 0.25) is 0 Å². The number of halogens is 1. The summed E-state index contributed by atoms with van der Waals surface area (Å²) in [5.41, 5.74) is 11.4. The van der Waals surface area contributed by atoms with E-state index in [1.165, 1.54) is 0 Å². The van der Waals surface area contributed by atoms with Gasteiger partial charge >= 0.3 is 0 Å². The van der Waals surface area contributed by atoms with Crippen LogP contribution < -0.4 is 16.0 Å². The van der Waals surface area contributed by atoms with E-state index in [1.54, 1.807) is 18.3 Å². The fourth-order valence-corrected chi connectivity index (χ4v) is 4.70. The number of hydrogen-bond acceptors (Lipinski definition) is 5. The summed E-state index contributed by atoms with van der Waals surface area (Å²) in [5.74, 6) is 0.415. The molecule has 2 aliphatic rings. The lowest BCUT2D eigenvalue weighted by atomic mass is 9.94. The molecule has 3 aromatic rings. The van der Waals surface area contributed by atoms with Gasteiger partial charge in [-0.15, -0.1) is 0 Å². The van der Waals surface area contributed by atoms with Crippen molar-refractivity contribution in [3.8, 4) is 22.3 Å². The quantitative estimate of drug-likeness (QED) is 0.607. The van der Waals surface area contributed by atoms with E-state index in [-0.39, 0.29) is 17.8 Å². The molecule has 0 bridgehead atoms. The second-order valence-corrected chi connectivity index (χ2v) is 9.30. The van der Waals surface area contributed by atoms with Gasteiger partial charge in [0.2, 0.25) is 0 Å². The van der Waals surface area contributed by atoms with Crippen LogP contribution in [0, 0.1) is 11.7 Å². The lowest BCUT2D eigenvalue weighted by Crippen LogP contribution is -2.44. The summed E-state index contributed by atoms with van der Waals surface area (Å²) in [5, 5.41) is 2.85. The highest BCUT2D eigenvalue weighted by atomic mass is 19.1. The van der Waals surface area contributed by atoms with Crippen molar-refractivity contribution in [2.24, 2.45) is 5.92 Å². The predicted octanol–water partition coefficient (Wildman–Crippen LogP) is 4.28. The minimum Gasteiger partial charge on any atom is -0.383 e. The van der Waals surface area contributed by atoms with Crippen LogP contribution >= 0.6 is 0 Å². The third-order valence-electron chi connectivity index (χ3n) is 6.73. The third-order valence-corrected chi connectivity index (χ3v) is 6.73. The molecule has 1 amide bonds. The fourth-order valence-electron chi connectivity index (χ4n) is 4.70. The lowest BCUT2D eigenvalue weighted by Gasteiger charge is -2.36. The molecule has 7 heteroatoms. The molecule has 3 N–H and O–H groups in total. The number of amides is 1. The van der Waals surface area contributed by atoms with E-state index in [0.717, 1.165) is 41.9 Å². The highest BCUT2D eigenvalue weighted by Gasteiger charge is 2.24. The maximum atomic E-state index is 15.3. The SMILES string of the molecule is CC(C)[C@H]1CN(c2ccc(-c3cnc(N)c(-c4ccc5c(c4)CCNC5=O)c3)c(F)c2)CCO1. The predicted molar refractivity (Wildman–Crippen MR) is 132 cm³/mol. The molecule has 176 valence electrons. The average Bonchev–Trinajstić information content (AvgIpc) is 2.84. The zero-order valence-electron chi connectivity index (χ0n) is 19.5. The number of aromatic nitrogens is 1.